The van der Waals surface area contributed by atoms with E-state index in [1.54, 1.807) is 4.68 Å². The van der Waals surface area contributed by atoms with Gasteiger partial charge in [0, 0.05) is 12.0 Å². The minimum Gasteiger partial charge on any atom is -0.353 e. The third kappa shape index (κ3) is 3.74. The zero-order valence-electron chi connectivity index (χ0n) is 13.0. The summed E-state index contributed by atoms with van der Waals surface area (Å²) in [4.78, 5) is 12.0. The first-order valence-corrected chi connectivity index (χ1v) is 9.35. The number of thioether (sulfide) groups is 1. The number of amides is 1. The van der Waals surface area contributed by atoms with Crippen LogP contribution in [0.5, 0.6) is 0 Å². The predicted molar refractivity (Wildman–Crippen MR) is 87.1 cm³/mol. The summed E-state index contributed by atoms with van der Waals surface area (Å²) >= 11 is 1.38. The average molecular weight is 323 g/mol. The topological polar surface area (TPSA) is 85.8 Å². The summed E-state index contributed by atoms with van der Waals surface area (Å²) in [5, 5.41) is 12.1. The molecule has 0 spiro atoms. The van der Waals surface area contributed by atoms with Gasteiger partial charge in [0.25, 0.3) is 0 Å². The van der Waals surface area contributed by atoms with Gasteiger partial charge in [-0.1, -0.05) is 43.9 Å². The maximum atomic E-state index is 12.0. The molecule has 1 aromatic heterocycles. The molecule has 0 radical (unpaired) electrons. The molecule has 0 bridgehead atoms. The zero-order chi connectivity index (χ0) is 15.4. The molecule has 3 rings (SSSR count). The normalized spacial score (nSPS) is 20.4. The van der Waals surface area contributed by atoms with Crippen molar-refractivity contribution < 1.29 is 4.79 Å². The van der Waals surface area contributed by atoms with E-state index in [0.717, 1.165) is 31.5 Å². The Morgan fingerprint density at radius 2 is 1.82 bits per heavy atom. The molecule has 1 heterocycles. The van der Waals surface area contributed by atoms with Crippen molar-refractivity contribution in [3.05, 3.63) is 5.82 Å². The van der Waals surface area contributed by atoms with Crippen LogP contribution in [0.1, 0.15) is 69.5 Å². The molecular weight excluding hydrogens is 298 g/mol. The minimum absolute atomic E-state index is 0.0686. The maximum Gasteiger partial charge on any atom is 0.230 e. The van der Waals surface area contributed by atoms with Crippen LogP contribution in [0.25, 0.3) is 0 Å². The van der Waals surface area contributed by atoms with E-state index < -0.39 is 0 Å². The summed E-state index contributed by atoms with van der Waals surface area (Å²) in [7, 11) is 0. The first kappa shape index (κ1) is 15.6. The van der Waals surface area contributed by atoms with Crippen molar-refractivity contribution in [2.45, 2.75) is 74.9 Å². The third-order valence-electron chi connectivity index (χ3n) is 4.71. The molecule has 0 atom stereocenters. The van der Waals surface area contributed by atoms with Crippen molar-refractivity contribution in [2.75, 3.05) is 11.6 Å². The first-order valence-electron chi connectivity index (χ1n) is 8.36. The SMILES string of the molecule is Nn1c(SCC(=O)NC2CCCC2)nnc1C1CCCCC1. The van der Waals surface area contributed by atoms with Gasteiger partial charge in [0.15, 0.2) is 5.82 Å². The van der Waals surface area contributed by atoms with Crippen LogP contribution in [0.3, 0.4) is 0 Å². The molecule has 2 fully saturated rings. The second-order valence-corrected chi connectivity index (χ2v) is 7.33. The van der Waals surface area contributed by atoms with Crippen LogP contribution >= 0.6 is 11.8 Å². The molecule has 2 aliphatic rings. The Labute approximate surface area is 135 Å². The molecule has 1 amide bonds. The molecule has 2 aliphatic carbocycles. The van der Waals surface area contributed by atoms with Crippen LogP contribution in [-0.2, 0) is 4.79 Å². The molecule has 7 heteroatoms. The van der Waals surface area contributed by atoms with Crippen LogP contribution in [0.4, 0.5) is 0 Å². The fraction of sp³-hybridized carbons (Fsp3) is 0.800. The van der Waals surface area contributed by atoms with Crippen molar-refractivity contribution in [2.24, 2.45) is 0 Å². The molecule has 6 nitrogen and oxygen atoms in total. The number of nitrogen functional groups attached to an aromatic ring is 1. The molecule has 22 heavy (non-hydrogen) atoms. The number of nitrogens with one attached hydrogen (secondary N) is 1. The van der Waals surface area contributed by atoms with Crippen LogP contribution in [0, 0.1) is 0 Å². The number of hydrogen-bond acceptors (Lipinski definition) is 5. The Balaban J connectivity index is 1.51. The quantitative estimate of drug-likeness (QED) is 0.641. The molecule has 0 unspecified atom stereocenters. The van der Waals surface area contributed by atoms with Crippen molar-refractivity contribution in [3.63, 3.8) is 0 Å². The molecular formula is C15H25N5OS. The van der Waals surface area contributed by atoms with E-state index in [1.165, 1.54) is 43.9 Å². The maximum absolute atomic E-state index is 12.0. The lowest BCUT2D eigenvalue weighted by atomic mass is 9.89. The van der Waals surface area contributed by atoms with E-state index in [-0.39, 0.29) is 5.91 Å². The Kier molecular flexibility index (Phi) is 5.23. The van der Waals surface area contributed by atoms with E-state index in [1.807, 2.05) is 0 Å². The predicted octanol–water partition coefficient (Wildman–Crippen LogP) is 2.19. The summed E-state index contributed by atoms with van der Waals surface area (Å²) in [5.41, 5.74) is 0. The summed E-state index contributed by atoms with van der Waals surface area (Å²) in [6.07, 6.45) is 10.7. The highest BCUT2D eigenvalue weighted by atomic mass is 32.2. The number of rotatable bonds is 5. The van der Waals surface area contributed by atoms with Gasteiger partial charge >= 0.3 is 0 Å². The van der Waals surface area contributed by atoms with Crippen molar-refractivity contribution in [3.8, 4) is 0 Å². The van der Waals surface area contributed by atoms with Gasteiger partial charge in [-0.05, 0) is 25.7 Å². The molecule has 3 N–H and O–H groups in total. The zero-order valence-corrected chi connectivity index (χ0v) is 13.8. The minimum atomic E-state index is 0.0686. The van der Waals surface area contributed by atoms with Gasteiger partial charge < -0.3 is 11.2 Å². The number of aromatic nitrogens is 3. The van der Waals surface area contributed by atoms with Gasteiger partial charge in [-0.3, -0.25) is 4.79 Å². The number of hydrogen-bond donors (Lipinski definition) is 2. The average Bonchev–Trinajstić information content (AvgIpc) is 3.16. The molecule has 122 valence electrons. The number of nitrogens with zero attached hydrogens (tertiary/aromatic N) is 3. The second-order valence-electron chi connectivity index (χ2n) is 6.38. The Hall–Kier alpha value is -1.24. The van der Waals surface area contributed by atoms with Gasteiger partial charge in [0.2, 0.25) is 11.1 Å². The number of nitrogens with two attached hydrogens (primary N) is 1. The van der Waals surface area contributed by atoms with E-state index in [2.05, 4.69) is 15.5 Å². The fourth-order valence-electron chi connectivity index (χ4n) is 3.50. The fourth-order valence-corrected chi connectivity index (χ4v) is 4.17. The van der Waals surface area contributed by atoms with Gasteiger partial charge in [0.05, 0.1) is 5.75 Å². The lowest BCUT2D eigenvalue weighted by molar-refractivity contribution is -0.119. The second kappa shape index (κ2) is 7.35. The highest BCUT2D eigenvalue weighted by Gasteiger charge is 2.23. The Morgan fingerprint density at radius 3 is 2.55 bits per heavy atom. The standard InChI is InChI=1S/C15H25N5OS/c16-20-14(11-6-2-1-3-7-11)18-19-15(20)22-10-13(21)17-12-8-4-5-9-12/h11-12H,1-10,16H2,(H,17,21). The monoisotopic (exact) mass is 323 g/mol. The van der Waals surface area contributed by atoms with Crippen molar-refractivity contribution in [1.82, 2.24) is 20.2 Å². The summed E-state index contributed by atoms with van der Waals surface area (Å²) < 4.78 is 1.59. The first-order chi connectivity index (χ1) is 10.7. The Morgan fingerprint density at radius 1 is 1.14 bits per heavy atom. The van der Waals surface area contributed by atoms with E-state index in [9.17, 15) is 4.79 Å². The van der Waals surface area contributed by atoms with Gasteiger partial charge in [-0.2, -0.15) is 0 Å². The summed E-state index contributed by atoms with van der Waals surface area (Å²) in [6.45, 7) is 0. The van der Waals surface area contributed by atoms with Crippen molar-refractivity contribution in [1.29, 1.82) is 0 Å². The van der Waals surface area contributed by atoms with Crippen molar-refractivity contribution >= 4 is 17.7 Å². The number of carbonyl (C=O) groups is 1. The highest BCUT2D eigenvalue weighted by molar-refractivity contribution is 7.99. The largest absolute Gasteiger partial charge is 0.353 e. The highest BCUT2D eigenvalue weighted by Crippen LogP contribution is 2.32. The third-order valence-corrected chi connectivity index (χ3v) is 5.66. The van der Waals surface area contributed by atoms with Gasteiger partial charge in [-0.25, -0.2) is 4.68 Å². The molecule has 0 aliphatic heterocycles. The van der Waals surface area contributed by atoms with E-state index in [4.69, 9.17) is 5.84 Å². The summed E-state index contributed by atoms with van der Waals surface area (Å²) in [6, 6.07) is 0.363. The smallest absolute Gasteiger partial charge is 0.230 e. The Bertz CT molecular complexity index is 506. The lowest BCUT2D eigenvalue weighted by Gasteiger charge is -2.20. The molecule has 1 aromatic rings. The van der Waals surface area contributed by atoms with Crippen LogP contribution < -0.4 is 11.2 Å². The van der Waals surface area contributed by atoms with E-state index in [0.29, 0.717) is 22.9 Å². The van der Waals surface area contributed by atoms with Gasteiger partial charge in [0.1, 0.15) is 0 Å². The van der Waals surface area contributed by atoms with Gasteiger partial charge in [-0.15, -0.1) is 10.2 Å². The lowest BCUT2D eigenvalue weighted by Crippen LogP contribution is -2.34. The van der Waals surface area contributed by atoms with Crippen LogP contribution in [-0.4, -0.2) is 32.6 Å². The van der Waals surface area contributed by atoms with E-state index >= 15 is 0 Å². The number of carbonyl (C=O) groups excluding carboxylic acids is 1. The molecule has 0 aromatic carbocycles. The molecule has 0 saturated heterocycles. The van der Waals surface area contributed by atoms with Crippen LogP contribution in [0.15, 0.2) is 5.16 Å². The van der Waals surface area contributed by atoms with Crippen LogP contribution in [0.2, 0.25) is 0 Å². The molecule has 2 saturated carbocycles. The summed E-state index contributed by atoms with van der Waals surface area (Å²) in [5.74, 6) is 7.85.